The highest BCUT2D eigenvalue weighted by molar-refractivity contribution is 5.86. The van der Waals surface area contributed by atoms with E-state index in [-0.39, 0.29) is 17.4 Å². The maximum absolute atomic E-state index is 13.9. The van der Waals surface area contributed by atoms with Crippen molar-refractivity contribution in [2.45, 2.75) is 32.7 Å². The number of carboxylic acids is 1. The average molecular weight is 311 g/mol. The molecule has 2 rings (SSSR count). The molecular formula is C16H19F2NO3. The van der Waals surface area contributed by atoms with E-state index in [4.69, 9.17) is 5.11 Å². The minimum atomic E-state index is -0.986. The van der Waals surface area contributed by atoms with E-state index >= 15 is 0 Å². The van der Waals surface area contributed by atoms with Gasteiger partial charge in [-0.3, -0.25) is 9.59 Å². The number of nitrogens with one attached hydrogen (secondary N) is 1. The molecule has 1 amide bonds. The Morgan fingerprint density at radius 1 is 1.23 bits per heavy atom. The van der Waals surface area contributed by atoms with Crippen molar-refractivity contribution in [1.82, 2.24) is 5.32 Å². The minimum absolute atomic E-state index is 0.118. The van der Waals surface area contributed by atoms with E-state index in [2.05, 4.69) is 5.32 Å². The molecule has 0 aliphatic heterocycles. The minimum Gasteiger partial charge on any atom is -0.481 e. The van der Waals surface area contributed by atoms with Gasteiger partial charge >= 0.3 is 5.97 Å². The third-order valence-electron chi connectivity index (χ3n) is 4.19. The number of rotatable bonds is 5. The average Bonchev–Trinajstić information content (AvgIpc) is 2.34. The number of aliphatic carboxylic acids is 1. The number of benzene rings is 1. The molecule has 3 unspecified atom stereocenters. The van der Waals surface area contributed by atoms with Crippen molar-refractivity contribution in [3.8, 4) is 0 Å². The smallest absolute Gasteiger partial charge is 0.307 e. The number of carboxylic acid groups (broad SMARTS) is 1. The van der Waals surface area contributed by atoms with Gasteiger partial charge in [0.25, 0.3) is 0 Å². The predicted molar refractivity (Wildman–Crippen MR) is 75.9 cm³/mol. The first-order valence-electron chi connectivity index (χ1n) is 7.29. The molecule has 0 aromatic heterocycles. The van der Waals surface area contributed by atoms with Crippen LogP contribution in [-0.4, -0.2) is 17.0 Å². The molecule has 120 valence electrons. The molecule has 1 aliphatic rings. The topological polar surface area (TPSA) is 66.4 Å². The number of carbonyl (C=O) groups is 2. The fourth-order valence-corrected chi connectivity index (χ4v) is 2.73. The number of carbonyl (C=O) groups excluding carboxylic acids is 1. The Kier molecular flexibility index (Phi) is 4.78. The Balaban J connectivity index is 2.16. The lowest BCUT2D eigenvalue weighted by atomic mass is 9.73. The summed E-state index contributed by atoms with van der Waals surface area (Å²) >= 11 is 0. The molecule has 2 N–H and O–H groups in total. The maximum Gasteiger partial charge on any atom is 0.307 e. The second-order valence-electron chi connectivity index (χ2n) is 6.02. The summed E-state index contributed by atoms with van der Waals surface area (Å²) in [6.07, 6.45) is 0.990. The van der Waals surface area contributed by atoms with Crippen LogP contribution >= 0.6 is 0 Å². The molecule has 1 aromatic carbocycles. The normalized spacial score (nSPS) is 22.0. The fraction of sp³-hybridized carbons (Fsp3) is 0.500. The van der Waals surface area contributed by atoms with Crippen LogP contribution in [0.5, 0.6) is 0 Å². The Morgan fingerprint density at radius 2 is 1.86 bits per heavy atom. The highest BCUT2D eigenvalue weighted by Crippen LogP contribution is 2.35. The lowest BCUT2D eigenvalue weighted by Gasteiger charge is -2.34. The number of halogens is 2. The van der Waals surface area contributed by atoms with Gasteiger partial charge in [-0.2, -0.15) is 0 Å². The van der Waals surface area contributed by atoms with Gasteiger partial charge in [0.1, 0.15) is 11.6 Å². The highest BCUT2D eigenvalue weighted by Gasteiger charge is 2.42. The molecule has 3 atom stereocenters. The van der Waals surface area contributed by atoms with Crippen LogP contribution in [0.15, 0.2) is 18.2 Å². The van der Waals surface area contributed by atoms with Gasteiger partial charge in [-0.25, -0.2) is 8.78 Å². The first-order valence-corrected chi connectivity index (χ1v) is 7.29. The first kappa shape index (κ1) is 16.4. The molecule has 0 saturated heterocycles. The third-order valence-corrected chi connectivity index (χ3v) is 4.19. The second kappa shape index (κ2) is 6.42. The zero-order chi connectivity index (χ0) is 16.4. The summed E-state index contributed by atoms with van der Waals surface area (Å²) in [5, 5.41) is 11.7. The SMILES string of the molecule is CC(C)C(NC(=O)C1CCC1C(=O)O)c1ccc(F)cc1F. The Hall–Kier alpha value is -1.98. The van der Waals surface area contributed by atoms with Gasteiger partial charge in [0, 0.05) is 11.6 Å². The first-order chi connectivity index (χ1) is 10.3. The maximum atomic E-state index is 13.9. The molecule has 0 spiro atoms. The van der Waals surface area contributed by atoms with Crippen LogP contribution in [0, 0.1) is 29.4 Å². The number of amides is 1. The van der Waals surface area contributed by atoms with Gasteiger partial charge in [0.2, 0.25) is 5.91 Å². The molecule has 4 nitrogen and oxygen atoms in total. The Morgan fingerprint density at radius 3 is 2.32 bits per heavy atom. The number of hydrogen-bond acceptors (Lipinski definition) is 2. The van der Waals surface area contributed by atoms with Crippen LogP contribution in [0.25, 0.3) is 0 Å². The van der Waals surface area contributed by atoms with Crippen molar-refractivity contribution in [1.29, 1.82) is 0 Å². The van der Waals surface area contributed by atoms with Crippen molar-refractivity contribution in [3.05, 3.63) is 35.4 Å². The summed E-state index contributed by atoms with van der Waals surface area (Å²) in [7, 11) is 0. The molecule has 1 saturated carbocycles. The lowest BCUT2D eigenvalue weighted by Crippen LogP contribution is -2.46. The van der Waals surface area contributed by atoms with Crippen molar-refractivity contribution in [2.75, 3.05) is 0 Å². The standard InChI is InChI=1S/C16H19F2NO3/c1-8(2)14(12-4-3-9(17)7-13(12)18)19-15(20)10-5-6-11(10)16(21)22/h3-4,7-8,10-11,14H,5-6H2,1-2H3,(H,19,20)(H,21,22). The third kappa shape index (κ3) is 3.26. The van der Waals surface area contributed by atoms with E-state index in [0.717, 1.165) is 12.1 Å². The largest absolute Gasteiger partial charge is 0.481 e. The molecule has 1 aliphatic carbocycles. The summed E-state index contributed by atoms with van der Waals surface area (Å²) in [5.41, 5.74) is 0.205. The van der Waals surface area contributed by atoms with Gasteiger partial charge in [-0.15, -0.1) is 0 Å². The van der Waals surface area contributed by atoms with Gasteiger partial charge in [-0.1, -0.05) is 19.9 Å². The molecule has 0 bridgehead atoms. The monoisotopic (exact) mass is 311 g/mol. The molecule has 0 heterocycles. The van der Waals surface area contributed by atoms with Crippen LogP contribution in [0.4, 0.5) is 8.78 Å². The van der Waals surface area contributed by atoms with Crippen molar-refractivity contribution >= 4 is 11.9 Å². The quantitative estimate of drug-likeness (QED) is 0.878. The summed E-state index contributed by atoms with van der Waals surface area (Å²) < 4.78 is 26.9. The molecular weight excluding hydrogens is 292 g/mol. The molecule has 22 heavy (non-hydrogen) atoms. The van der Waals surface area contributed by atoms with Crippen molar-refractivity contribution in [2.24, 2.45) is 17.8 Å². The molecule has 1 fully saturated rings. The van der Waals surface area contributed by atoms with Crippen LogP contribution in [0.1, 0.15) is 38.3 Å². The summed E-state index contributed by atoms with van der Waals surface area (Å²) in [6, 6.07) is 2.61. The van der Waals surface area contributed by atoms with Gasteiger partial charge in [0.05, 0.1) is 17.9 Å². The van der Waals surface area contributed by atoms with Gasteiger partial charge in [-0.05, 0) is 24.8 Å². The zero-order valence-electron chi connectivity index (χ0n) is 12.5. The van der Waals surface area contributed by atoms with Crippen molar-refractivity contribution < 1.29 is 23.5 Å². The van der Waals surface area contributed by atoms with E-state index in [1.165, 1.54) is 6.07 Å². The van der Waals surface area contributed by atoms with Crippen LogP contribution < -0.4 is 5.32 Å². The second-order valence-corrected chi connectivity index (χ2v) is 6.02. The summed E-state index contributed by atoms with van der Waals surface area (Å²) in [6.45, 7) is 3.62. The molecule has 6 heteroatoms. The van der Waals surface area contributed by atoms with Gasteiger partial charge in [0.15, 0.2) is 0 Å². The Bertz CT molecular complexity index is 589. The van der Waals surface area contributed by atoms with E-state index < -0.39 is 35.5 Å². The van der Waals surface area contributed by atoms with Crippen LogP contribution in [0.3, 0.4) is 0 Å². The highest BCUT2D eigenvalue weighted by atomic mass is 19.1. The Labute approximate surface area is 127 Å². The van der Waals surface area contributed by atoms with E-state index in [9.17, 15) is 18.4 Å². The van der Waals surface area contributed by atoms with E-state index in [1.807, 2.05) is 13.8 Å². The predicted octanol–water partition coefficient (Wildman–Crippen LogP) is 2.89. The van der Waals surface area contributed by atoms with Gasteiger partial charge < -0.3 is 10.4 Å². The lowest BCUT2D eigenvalue weighted by molar-refractivity contribution is -0.153. The molecule has 1 aromatic rings. The van der Waals surface area contributed by atoms with Crippen LogP contribution in [-0.2, 0) is 9.59 Å². The zero-order valence-corrected chi connectivity index (χ0v) is 12.5. The molecule has 0 radical (unpaired) electrons. The summed E-state index contributed by atoms with van der Waals surface area (Å²) in [5.74, 6) is -4.15. The summed E-state index contributed by atoms with van der Waals surface area (Å²) in [4.78, 5) is 23.2. The number of hydrogen-bond donors (Lipinski definition) is 2. The van der Waals surface area contributed by atoms with Crippen LogP contribution in [0.2, 0.25) is 0 Å². The fourth-order valence-electron chi connectivity index (χ4n) is 2.73. The van der Waals surface area contributed by atoms with E-state index in [0.29, 0.717) is 12.8 Å². The van der Waals surface area contributed by atoms with E-state index in [1.54, 1.807) is 0 Å². The van der Waals surface area contributed by atoms with Crippen molar-refractivity contribution in [3.63, 3.8) is 0 Å².